The Kier molecular flexibility index (Phi) is 5.23. The fourth-order valence-corrected chi connectivity index (χ4v) is 3.87. The van der Waals surface area contributed by atoms with Crippen LogP contribution in [0.15, 0.2) is 22.7 Å². The van der Waals surface area contributed by atoms with Crippen LogP contribution in [0.5, 0.6) is 0 Å². The summed E-state index contributed by atoms with van der Waals surface area (Å²) >= 11 is 3.62. The molecule has 2 saturated carbocycles. The zero-order chi connectivity index (χ0) is 14.7. The zero-order valence-electron chi connectivity index (χ0n) is 13.1. The first-order valence-corrected chi connectivity index (χ1v) is 9.24. The number of hydrogen-bond donors (Lipinski definition) is 1. The number of rotatable bonds is 6. The van der Waals surface area contributed by atoms with Crippen molar-refractivity contribution in [3.63, 3.8) is 0 Å². The smallest absolute Gasteiger partial charge is 0.0410 e. The van der Waals surface area contributed by atoms with Crippen LogP contribution < -0.4 is 10.2 Å². The van der Waals surface area contributed by atoms with E-state index in [1.54, 1.807) is 0 Å². The van der Waals surface area contributed by atoms with Crippen LogP contribution in [0.1, 0.15) is 50.5 Å². The molecule has 0 aliphatic heterocycles. The molecule has 0 aromatic heterocycles. The predicted octanol–water partition coefficient (Wildman–Crippen LogP) is 4.72. The van der Waals surface area contributed by atoms with Gasteiger partial charge in [0.25, 0.3) is 0 Å². The number of nitrogens with one attached hydrogen (secondary N) is 1. The van der Waals surface area contributed by atoms with E-state index >= 15 is 0 Å². The second-order valence-corrected chi connectivity index (χ2v) is 7.73. The highest BCUT2D eigenvalue weighted by Gasteiger charge is 2.21. The highest BCUT2D eigenvalue weighted by molar-refractivity contribution is 9.10. The Balaban J connectivity index is 1.66. The summed E-state index contributed by atoms with van der Waals surface area (Å²) < 4.78 is 1.19. The minimum absolute atomic E-state index is 0.764. The van der Waals surface area contributed by atoms with Gasteiger partial charge in [-0.15, -0.1) is 0 Å². The van der Waals surface area contributed by atoms with Crippen LogP contribution in [-0.4, -0.2) is 19.6 Å². The van der Waals surface area contributed by atoms with Crippen LogP contribution >= 0.6 is 15.9 Å². The Morgan fingerprint density at radius 3 is 2.62 bits per heavy atom. The van der Waals surface area contributed by atoms with Crippen molar-refractivity contribution < 1.29 is 0 Å². The minimum Gasteiger partial charge on any atom is -0.374 e. The summed E-state index contributed by atoms with van der Waals surface area (Å²) in [5, 5.41) is 3.65. The summed E-state index contributed by atoms with van der Waals surface area (Å²) in [7, 11) is 2.26. The molecule has 3 heteroatoms. The van der Waals surface area contributed by atoms with Crippen LogP contribution in [0.4, 0.5) is 5.69 Å². The van der Waals surface area contributed by atoms with Gasteiger partial charge in [-0.1, -0.05) is 35.2 Å². The first-order valence-electron chi connectivity index (χ1n) is 8.45. The number of anilines is 1. The van der Waals surface area contributed by atoms with E-state index in [1.807, 2.05) is 0 Å². The van der Waals surface area contributed by atoms with Crippen LogP contribution in [0.2, 0.25) is 0 Å². The Labute approximate surface area is 137 Å². The number of nitrogens with zero attached hydrogens (tertiary/aromatic N) is 1. The number of benzene rings is 1. The lowest BCUT2D eigenvalue weighted by atomic mass is 9.89. The van der Waals surface area contributed by atoms with Gasteiger partial charge < -0.3 is 10.2 Å². The van der Waals surface area contributed by atoms with Crippen molar-refractivity contribution in [1.82, 2.24) is 5.32 Å². The standard InChI is InChI=1S/C18H27BrN2/c1-21(13-14-5-3-2-4-6-14)18-10-7-16(19)11-15(18)12-20-17-8-9-17/h7,10-11,14,17,20H,2-6,8-9,12-13H2,1H3. The molecule has 0 spiro atoms. The second-order valence-electron chi connectivity index (χ2n) is 6.81. The molecular formula is C18H27BrN2. The molecule has 0 radical (unpaired) electrons. The third-order valence-electron chi connectivity index (χ3n) is 4.87. The lowest BCUT2D eigenvalue weighted by Gasteiger charge is -2.30. The fraction of sp³-hybridized carbons (Fsp3) is 0.667. The van der Waals surface area contributed by atoms with Crippen LogP contribution in [-0.2, 0) is 6.54 Å². The highest BCUT2D eigenvalue weighted by Crippen LogP contribution is 2.29. The SMILES string of the molecule is CN(CC1CCCCC1)c1ccc(Br)cc1CNC1CC1. The van der Waals surface area contributed by atoms with Gasteiger partial charge in [0.05, 0.1) is 0 Å². The maximum atomic E-state index is 3.65. The average molecular weight is 351 g/mol. The minimum atomic E-state index is 0.764. The molecule has 0 saturated heterocycles. The van der Waals surface area contributed by atoms with E-state index in [1.165, 1.54) is 67.2 Å². The fourth-order valence-electron chi connectivity index (χ4n) is 3.47. The monoisotopic (exact) mass is 350 g/mol. The summed E-state index contributed by atoms with van der Waals surface area (Å²) in [6.07, 6.45) is 9.81. The van der Waals surface area contributed by atoms with Crippen molar-refractivity contribution in [3.8, 4) is 0 Å². The van der Waals surface area contributed by atoms with E-state index in [0.29, 0.717) is 0 Å². The molecule has 0 unspecified atom stereocenters. The Hall–Kier alpha value is -0.540. The Morgan fingerprint density at radius 1 is 1.14 bits per heavy atom. The first kappa shape index (κ1) is 15.4. The van der Waals surface area contributed by atoms with Crippen molar-refractivity contribution in [1.29, 1.82) is 0 Å². The molecular weight excluding hydrogens is 324 g/mol. The van der Waals surface area contributed by atoms with Crippen molar-refractivity contribution in [2.45, 2.75) is 57.5 Å². The lowest BCUT2D eigenvalue weighted by Crippen LogP contribution is -2.28. The quantitative estimate of drug-likeness (QED) is 0.798. The van der Waals surface area contributed by atoms with Gasteiger partial charge in [0.1, 0.15) is 0 Å². The third kappa shape index (κ3) is 4.46. The van der Waals surface area contributed by atoms with Gasteiger partial charge in [0.15, 0.2) is 0 Å². The average Bonchev–Trinajstić information content (AvgIpc) is 3.30. The Morgan fingerprint density at radius 2 is 1.90 bits per heavy atom. The lowest BCUT2D eigenvalue weighted by molar-refractivity contribution is 0.362. The predicted molar refractivity (Wildman–Crippen MR) is 93.8 cm³/mol. The Bertz CT molecular complexity index is 464. The molecule has 2 fully saturated rings. The summed E-state index contributed by atoms with van der Waals surface area (Å²) in [5.74, 6) is 0.886. The van der Waals surface area contributed by atoms with E-state index in [2.05, 4.69) is 51.4 Å². The molecule has 2 aliphatic rings. The largest absolute Gasteiger partial charge is 0.374 e. The van der Waals surface area contributed by atoms with E-state index in [0.717, 1.165) is 18.5 Å². The highest BCUT2D eigenvalue weighted by atomic mass is 79.9. The van der Waals surface area contributed by atoms with Crippen molar-refractivity contribution in [2.24, 2.45) is 5.92 Å². The molecule has 116 valence electrons. The summed E-state index contributed by atoms with van der Waals surface area (Å²) in [6, 6.07) is 7.49. The second kappa shape index (κ2) is 7.15. The molecule has 0 amide bonds. The third-order valence-corrected chi connectivity index (χ3v) is 5.36. The molecule has 1 aromatic rings. The van der Waals surface area contributed by atoms with Gasteiger partial charge in [-0.2, -0.15) is 0 Å². The van der Waals surface area contributed by atoms with Crippen LogP contribution in [0, 0.1) is 5.92 Å². The topological polar surface area (TPSA) is 15.3 Å². The van der Waals surface area contributed by atoms with Gasteiger partial charge >= 0.3 is 0 Å². The summed E-state index contributed by atoms with van der Waals surface area (Å²) in [6.45, 7) is 2.20. The van der Waals surface area contributed by atoms with E-state index in [4.69, 9.17) is 0 Å². The molecule has 21 heavy (non-hydrogen) atoms. The molecule has 2 aliphatic carbocycles. The van der Waals surface area contributed by atoms with E-state index < -0.39 is 0 Å². The number of hydrogen-bond acceptors (Lipinski definition) is 2. The molecule has 1 aromatic carbocycles. The van der Waals surface area contributed by atoms with Crippen molar-refractivity contribution in [3.05, 3.63) is 28.2 Å². The first-order chi connectivity index (χ1) is 10.2. The van der Waals surface area contributed by atoms with Gasteiger partial charge in [-0.05, 0) is 55.4 Å². The normalized spacial score (nSPS) is 19.7. The van der Waals surface area contributed by atoms with Gasteiger partial charge in [0, 0.05) is 36.3 Å². The molecule has 1 N–H and O–H groups in total. The maximum absolute atomic E-state index is 3.65. The van der Waals surface area contributed by atoms with Crippen molar-refractivity contribution in [2.75, 3.05) is 18.5 Å². The maximum Gasteiger partial charge on any atom is 0.0410 e. The van der Waals surface area contributed by atoms with Gasteiger partial charge in [-0.3, -0.25) is 0 Å². The number of halogens is 1. The summed E-state index contributed by atoms with van der Waals surface area (Å²) in [5.41, 5.74) is 2.83. The molecule has 0 heterocycles. The van der Waals surface area contributed by atoms with Crippen LogP contribution in [0.3, 0.4) is 0 Å². The molecule has 2 nitrogen and oxygen atoms in total. The molecule has 3 rings (SSSR count). The molecule has 0 bridgehead atoms. The summed E-state index contributed by atoms with van der Waals surface area (Å²) in [4.78, 5) is 2.48. The van der Waals surface area contributed by atoms with E-state index in [9.17, 15) is 0 Å². The van der Waals surface area contributed by atoms with Gasteiger partial charge in [-0.25, -0.2) is 0 Å². The van der Waals surface area contributed by atoms with E-state index in [-0.39, 0.29) is 0 Å². The zero-order valence-corrected chi connectivity index (χ0v) is 14.7. The van der Waals surface area contributed by atoms with Crippen molar-refractivity contribution >= 4 is 21.6 Å². The van der Waals surface area contributed by atoms with Gasteiger partial charge in [0.2, 0.25) is 0 Å². The molecule has 0 atom stereocenters. The van der Waals surface area contributed by atoms with Crippen LogP contribution in [0.25, 0.3) is 0 Å².